The predicted octanol–water partition coefficient (Wildman–Crippen LogP) is 7.40. The maximum atomic E-state index is 12.8. The van der Waals surface area contributed by atoms with E-state index in [2.05, 4.69) is 46.6 Å². The Morgan fingerprint density at radius 1 is 0.786 bits per heavy atom. The van der Waals surface area contributed by atoms with Crippen molar-refractivity contribution in [3.63, 3.8) is 0 Å². The maximum Gasteiger partial charge on any atom is 0.255 e. The number of thioether (sulfide) groups is 2. The molecule has 0 aliphatic carbocycles. The molecule has 2 aromatic heterocycles. The van der Waals surface area contributed by atoms with E-state index in [1.54, 1.807) is 12.1 Å². The molecule has 3 aromatic carbocycles. The standard InChI is InChI=1S/C30H27N5O3S4/c1-30(2,3)20-11-9-19(10-12-20)26(38)31-21-13-14-22-24(15-21)41-28(32-22)40-17-25(37)33-27-34-35-29(42-27)39-16-23(36)18-7-5-4-6-8-18/h4-15H,16-17H2,1-3H3,(H,31,38)(H,33,34,37). The van der Waals surface area contributed by atoms with Gasteiger partial charge < -0.3 is 5.32 Å². The van der Waals surface area contributed by atoms with Crippen LogP contribution >= 0.6 is 46.2 Å². The Bertz CT molecular complexity index is 1730. The van der Waals surface area contributed by atoms with Gasteiger partial charge >= 0.3 is 0 Å². The number of carbonyl (C=O) groups excluding carboxylic acids is 3. The van der Waals surface area contributed by atoms with E-state index in [4.69, 9.17) is 0 Å². The second-order valence-corrected chi connectivity index (χ2v) is 14.7. The molecule has 5 rings (SSSR count). The molecular formula is C30H27N5O3S4. The first-order valence-corrected chi connectivity index (χ1v) is 16.5. The van der Waals surface area contributed by atoms with E-state index in [1.807, 2.05) is 60.7 Å². The van der Waals surface area contributed by atoms with Gasteiger partial charge in [-0.3, -0.25) is 19.7 Å². The number of benzene rings is 3. The molecule has 214 valence electrons. The number of nitrogens with one attached hydrogen (secondary N) is 2. The number of rotatable bonds is 10. The smallest absolute Gasteiger partial charge is 0.255 e. The van der Waals surface area contributed by atoms with Crippen LogP contribution in [0.25, 0.3) is 10.2 Å². The molecule has 0 spiro atoms. The number of amides is 2. The lowest BCUT2D eigenvalue weighted by atomic mass is 9.87. The fraction of sp³-hybridized carbons (Fsp3) is 0.200. The quantitative estimate of drug-likeness (QED) is 0.0929. The SMILES string of the molecule is CC(C)(C)c1ccc(C(=O)Nc2ccc3nc(SCC(=O)Nc4nnc(SCC(=O)c5ccccc5)s4)sc3c2)cc1. The van der Waals surface area contributed by atoms with Gasteiger partial charge in [0, 0.05) is 16.8 Å². The normalized spacial score (nSPS) is 11.4. The zero-order valence-electron chi connectivity index (χ0n) is 23.0. The molecule has 0 aliphatic rings. The molecule has 0 aliphatic heterocycles. The summed E-state index contributed by atoms with van der Waals surface area (Å²) in [4.78, 5) is 42.2. The lowest BCUT2D eigenvalue weighted by molar-refractivity contribution is -0.113. The van der Waals surface area contributed by atoms with Crippen LogP contribution in [0.3, 0.4) is 0 Å². The number of hydrogen-bond acceptors (Lipinski definition) is 10. The number of anilines is 2. The van der Waals surface area contributed by atoms with Crippen LogP contribution in [0.2, 0.25) is 0 Å². The molecule has 42 heavy (non-hydrogen) atoms. The largest absolute Gasteiger partial charge is 0.322 e. The molecule has 0 atom stereocenters. The molecule has 2 amide bonds. The number of hydrogen-bond donors (Lipinski definition) is 2. The van der Waals surface area contributed by atoms with Gasteiger partial charge in [0.25, 0.3) is 5.91 Å². The number of Topliss-reactive ketones (excluding diaryl/α,β-unsaturated/α-hetero) is 1. The third-order valence-electron chi connectivity index (χ3n) is 6.04. The van der Waals surface area contributed by atoms with Crippen LogP contribution in [0.4, 0.5) is 10.8 Å². The third kappa shape index (κ3) is 7.82. The molecular weight excluding hydrogens is 607 g/mol. The summed E-state index contributed by atoms with van der Waals surface area (Å²) < 4.78 is 2.27. The summed E-state index contributed by atoms with van der Waals surface area (Å²) in [5.41, 5.74) is 3.92. The Labute approximate surface area is 259 Å². The molecule has 12 heteroatoms. The van der Waals surface area contributed by atoms with Crippen molar-refractivity contribution in [2.24, 2.45) is 0 Å². The first-order valence-electron chi connectivity index (χ1n) is 12.9. The number of aromatic nitrogens is 3. The highest BCUT2D eigenvalue weighted by atomic mass is 32.2. The lowest BCUT2D eigenvalue weighted by Crippen LogP contribution is -2.14. The predicted molar refractivity (Wildman–Crippen MR) is 173 cm³/mol. The molecule has 0 fully saturated rings. The summed E-state index contributed by atoms with van der Waals surface area (Å²) in [6.07, 6.45) is 0. The van der Waals surface area contributed by atoms with Crippen molar-refractivity contribution < 1.29 is 14.4 Å². The zero-order valence-corrected chi connectivity index (χ0v) is 26.3. The number of thiazole rings is 1. The monoisotopic (exact) mass is 633 g/mol. The summed E-state index contributed by atoms with van der Waals surface area (Å²) in [6.45, 7) is 6.41. The van der Waals surface area contributed by atoms with E-state index >= 15 is 0 Å². The van der Waals surface area contributed by atoms with Crippen molar-refractivity contribution in [1.29, 1.82) is 0 Å². The molecule has 0 unspecified atom stereocenters. The highest BCUT2D eigenvalue weighted by molar-refractivity contribution is 8.02. The van der Waals surface area contributed by atoms with Crippen LogP contribution in [0.15, 0.2) is 81.5 Å². The van der Waals surface area contributed by atoms with Crippen LogP contribution in [0.1, 0.15) is 47.1 Å². The first kappa shape index (κ1) is 29.9. The molecule has 2 heterocycles. The van der Waals surface area contributed by atoms with Crippen molar-refractivity contribution in [3.8, 4) is 0 Å². The molecule has 5 aromatic rings. The number of carbonyl (C=O) groups is 3. The van der Waals surface area contributed by atoms with Gasteiger partial charge in [-0.2, -0.15) is 0 Å². The van der Waals surface area contributed by atoms with Crippen molar-refractivity contribution in [1.82, 2.24) is 15.2 Å². The van der Waals surface area contributed by atoms with E-state index in [0.717, 1.165) is 14.6 Å². The van der Waals surface area contributed by atoms with Crippen LogP contribution in [0, 0.1) is 0 Å². The van der Waals surface area contributed by atoms with Crippen molar-refractivity contribution in [2.75, 3.05) is 22.1 Å². The average molecular weight is 634 g/mol. The van der Waals surface area contributed by atoms with E-state index in [1.165, 1.54) is 51.8 Å². The van der Waals surface area contributed by atoms with Crippen LogP contribution < -0.4 is 10.6 Å². The summed E-state index contributed by atoms with van der Waals surface area (Å²) in [7, 11) is 0. The highest BCUT2D eigenvalue weighted by Crippen LogP contribution is 2.32. The van der Waals surface area contributed by atoms with Crippen molar-refractivity contribution in [2.45, 2.75) is 34.9 Å². The van der Waals surface area contributed by atoms with Gasteiger partial charge in [0.15, 0.2) is 14.5 Å². The highest BCUT2D eigenvalue weighted by Gasteiger charge is 2.16. The number of fused-ring (bicyclic) bond motifs is 1. The zero-order chi connectivity index (χ0) is 29.7. The Morgan fingerprint density at radius 2 is 1.52 bits per heavy atom. The Morgan fingerprint density at radius 3 is 2.26 bits per heavy atom. The van der Waals surface area contributed by atoms with E-state index in [-0.39, 0.29) is 34.5 Å². The Kier molecular flexibility index (Phi) is 9.37. The second-order valence-electron chi connectivity index (χ2n) is 10.2. The van der Waals surface area contributed by atoms with E-state index in [9.17, 15) is 14.4 Å². The van der Waals surface area contributed by atoms with Gasteiger partial charge in [-0.15, -0.1) is 21.5 Å². The summed E-state index contributed by atoms with van der Waals surface area (Å²) >= 11 is 5.31. The van der Waals surface area contributed by atoms with Crippen molar-refractivity contribution in [3.05, 3.63) is 89.5 Å². The molecule has 0 saturated heterocycles. The first-order chi connectivity index (χ1) is 20.1. The number of ketones is 1. The lowest BCUT2D eigenvalue weighted by Gasteiger charge is -2.19. The van der Waals surface area contributed by atoms with Gasteiger partial charge in [-0.05, 0) is 41.3 Å². The van der Waals surface area contributed by atoms with Gasteiger partial charge in [-0.1, -0.05) is 98.1 Å². The van der Waals surface area contributed by atoms with Gasteiger partial charge in [-0.25, -0.2) is 4.98 Å². The Hall–Kier alpha value is -3.58. The van der Waals surface area contributed by atoms with Gasteiger partial charge in [0.2, 0.25) is 11.0 Å². The summed E-state index contributed by atoms with van der Waals surface area (Å²) in [5.74, 6) is 0.0109. The summed E-state index contributed by atoms with van der Waals surface area (Å²) in [5, 5.41) is 14.2. The van der Waals surface area contributed by atoms with Crippen LogP contribution in [-0.2, 0) is 10.2 Å². The molecule has 0 radical (unpaired) electrons. The molecule has 0 bridgehead atoms. The van der Waals surface area contributed by atoms with Crippen molar-refractivity contribution >= 4 is 84.8 Å². The third-order valence-corrected chi connectivity index (χ3v) is 10.2. The summed E-state index contributed by atoms with van der Waals surface area (Å²) in [6, 6.07) is 22.3. The van der Waals surface area contributed by atoms with E-state index in [0.29, 0.717) is 26.3 Å². The topological polar surface area (TPSA) is 114 Å². The second kappa shape index (κ2) is 13.2. The molecule has 8 nitrogen and oxygen atoms in total. The minimum absolute atomic E-state index is 0.00835. The number of nitrogens with zero attached hydrogens (tertiary/aromatic N) is 3. The Balaban J connectivity index is 1.11. The fourth-order valence-corrected chi connectivity index (χ4v) is 7.37. The van der Waals surface area contributed by atoms with Gasteiger partial charge in [0.1, 0.15) is 0 Å². The van der Waals surface area contributed by atoms with Crippen LogP contribution in [-0.4, -0.2) is 44.3 Å². The maximum absolute atomic E-state index is 12.8. The minimum Gasteiger partial charge on any atom is -0.322 e. The molecule has 0 saturated carbocycles. The minimum atomic E-state index is -0.224. The fourth-order valence-electron chi connectivity index (χ4n) is 3.80. The van der Waals surface area contributed by atoms with Gasteiger partial charge in [0.05, 0.1) is 21.7 Å². The molecule has 2 N–H and O–H groups in total. The van der Waals surface area contributed by atoms with Crippen LogP contribution in [0.5, 0.6) is 0 Å². The average Bonchev–Trinajstić information content (AvgIpc) is 3.61. The van der Waals surface area contributed by atoms with E-state index < -0.39 is 0 Å².